The Morgan fingerprint density at radius 2 is 1.18 bits per heavy atom. The molecule has 26 nitrogen and oxygen atoms in total. The highest BCUT2D eigenvalue weighted by molar-refractivity contribution is 5.98. The molecule has 3 aliphatic heterocycles. The van der Waals surface area contributed by atoms with Gasteiger partial charge in [0.25, 0.3) is 0 Å². The number of nitrogens with one attached hydrogen (secondary N) is 6. The average molecular weight is 949 g/mol. The number of rotatable bonds is 24. The second-order valence-electron chi connectivity index (χ2n) is 17.3. The molecule has 0 aliphatic carbocycles. The van der Waals surface area contributed by atoms with Crippen molar-refractivity contribution < 1.29 is 68.4 Å². The molecule has 372 valence electrons. The van der Waals surface area contributed by atoms with Gasteiger partial charge in [-0.25, -0.2) is 9.78 Å². The minimum atomic E-state index is -1.85. The monoisotopic (exact) mass is 948 g/mol. The predicted molar refractivity (Wildman–Crippen MR) is 231 cm³/mol. The molecule has 3 saturated heterocycles. The zero-order valence-corrected chi connectivity index (χ0v) is 37.6. The molecular formula is C41H64N12O14. The van der Waals surface area contributed by atoms with E-state index in [-0.39, 0.29) is 44.2 Å². The van der Waals surface area contributed by atoms with Crippen LogP contribution in [0.1, 0.15) is 77.3 Å². The van der Waals surface area contributed by atoms with Crippen LogP contribution in [0.4, 0.5) is 0 Å². The minimum Gasteiger partial charge on any atom is -0.480 e. The van der Waals surface area contributed by atoms with Crippen LogP contribution >= 0.6 is 0 Å². The first-order valence-corrected chi connectivity index (χ1v) is 22.3. The first-order valence-electron chi connectivity index (χ1n) is 22.3. The number of likely N-dealkylation sites (tertiary alicyclic amines) is 3. The molecule has 4 heterocycles. The maximum atomic E-state index is 13.9. The molecule has 14 N–H and O–H groups in total. The van der Waals surface area contributed by atoms with Gasteiger partial charge in [0.05, 0.1) is 32.2 Å². The first-order chi connectivity index (χ1) is 31.8. The molecule has 1 aromatic rings. The number of carboxylic acids is 1. The maximum absolute atomic E-state index is 13.9. The second-order valence-corrected chi connectivity index (χ2v) is 17.3. The van der Waals surface area contributed by atoms with Crippen LogP contribution in [0.5, 0.6) is 0 Å². The second kappa shape index (κ2) is 25.0. The Kier molecular flexibility index (Phi) is 19.9. The summed E-state index contributed by atoms with van der Waals surface area (Å²) in [5.41, 5.74) is 11.8. The van der Waals surface area contributed by atoms with Gasteiger partial charge < -0.3 is 78.2 Å². The van der Waals surface area contributed by atoms with E-state index < -0.39 is 140 Å². The molecule has 9 amide bonds. The Labute approximate surface area is 385 Å². The van der Waals surface area contributed by atoms with E-state index in [4.69, 9.17) is 11.5 Å². The summed E-state index contributed by atoms with van der Waals surface area (Å²) in [4.78, 5) is 142. The lowest BCUT2D eigenvalue weighted by Crippen LogP contribution is -2.61. The number of amides is 9. The zero-order valence-electron chi connectivity index (χ0n) is 37.6. The third kappa shape index (κ3) is 14.4. The average Bonchev–Trinajstić information content (AvgIpc) is 4.14. The molecule has 3 aliphatic rings. The summed E-state index contributed by atoms with van der Waals surface area (Å²) in [6.45, 7) is 1.34. The summed E-state index contributed by atoms with van der Waals surface area (Å²) in [5.74, 6) is -8.91. The standard InChI is InChI=1S/C41H64N12O14/c1-21(2)14-23(42)38(63)52-12-4-7-30(52)40(65)51-11-3-6-29(51)37(62)47-25(15-22-16-44-20-45-22)34(59)48-27(18-55)36(61)49-26(17-54)35(60)46-24(9-10-32(43)57)33(58)50-28(19-56)39(64)53-13-5-8-31(53)41(66)67/h16,20-21,23-31,54-56H,3-15,17-19,42H2,1-2H3,(H2,43,57)(H,44,45)(H,46,60)(H,47,62)(H,48,59)(H,49,61)(H,50,58)(H,66,67)/t23-,24-,25-,26-,27-,28-,29-,30-,31-/m0/s1. The molecule has 67 heavy (non-hydrogen) atoms. The molecule has 3 fully saturated rings. The number of hydrogen-bond acceptors (Lipinski definition) is 15. The number of H-pyrrole nitrogens is 1. The number of primary amides is 1. The van der Waals surface area contributed by atoms with Crippen molar-refractivity contribution in [1.29, 1.82) is 0 Å². The summed E-state index contributed by atoms with van der Waals surface area (Å²) >= 11 is 0. The van der Waals surface area contributed by atoms with Gasteiger partial charge in [0.2, 0.25) is 53.2 Å². The lowest BCUT2D eigenvalue weighted by atomic mass is 10.0. The number of carbonyl (C=O) groups is 10. The van der Waals surface area contributed by atoms with Gasteiger partial charge in [-0.1, -0.05) is 13.8 Å². The van der Waals surface area contributed by atoms with E-state index in [1.165, 1.54) is 22.3 Å². The summed E-state index contributed by atoms with van der Waals surface area (Å²) in [5, 5.41) is 51.3. The van der Waals surface area contributed by atoms with Crippen LogP contribution in [-0.4, -0.2) is 198 Å². The fraction of sp³-hybridized carbons (Fsp3) is 0.683. The molecular weight excluding hydrogens is 885 g/mol. The number of carbonyl (C=O) groups excluding carboxylic acids is 9. The molecule has 1 aromatic heterocycles. The van der Waals surface area contributed by atoms with Crippen molar-refractivity contribution in [2.24, 2.45) is 17.4 Å². The lowest BCUT2D eigenvalue weighted by molar-refractivity contribution is -0.150. The van der Waals surface area contributed by atoms with Crippen LogP contribution in [0, 0.1) is 5.92 Å². The number of hydrogen-bond donors (Lipinski definition) is 12. The SMILES string of the molecule is CC(C)C[C@H](N)C(=O)N1CCC[C@H]1C(=O)N1CCC[C@H]1C(=O)N[C@@H](Cc1cnc[nH]1)C(=O)N[C@@H](CO)C(=O)N[C@@H](CO)C(=O)N[C@@H](CCC(N)=O)C(=O)N[C@@H](CO)C(=O)N1CCC[C@H]1C(=O)O. The van der Waals surface area contributed by atoms with Crippen molar-refractivity contribution in [2.75, 3.05) is 39.5 Å². The molecule has 9 atom stereocenters. The van der Waals surface area contributed by atoms with Gasteiger partial charge in [0.1, 0.15) is 48.3 Å². The maximum Gasteiger partial charge on any atom is 0.326 e. The number of imidazole rings is 1. The van der Waals surface area contributed by atoms with Crippen molar-refractivity contribution in [3.63, 3.8) is 0 Å². The third-order valence-corrected chi connectivity index (χ3v) is 11.9. The number of carboxylic acid groups (broad SMARTS) is 1. The van der Waals surface area contributed by atoms with Crippen molar-refractivity contribution in [3.8, 4) is 0 Å². The topological polar surface area (TPSA) is 402 Å². The van der Waals surface area contributed by atoms with E-state index in [0.29, 0.717) is 44.3 Å². The van der Waals surface area contributed by atoms with Gasteiger partial charge in [-0.05, 0) is 57.3 Å². The van der Waals surface area contributed by atoms with Crippen molar-refractivity contribution in [1.82, 2.24) is 51.3 Å². The van der Waals surface area contributed by atoms with Crippen LogP contribution in [0.15, 0.2) is 12.5 Å². The van der Waals surface area contributed by atoms with Gasteiger partial charge in [-0.3, -0.25) is 43.2 Å². The van der Waals surface area contributed by atoms with Crippen LogP contribution in [0.2, 0.25) is 0 Å². The van der Waals surface area contributed by atoms with E-state index in [9.17, 15) is 68.4 Å². The highest BCUT2D eigenvalue weighted by Crippen LogP contribution is 2.26. The van der Waals surface area contributed by atoms with Crippen LogP contribution < -0.4 is 38.1 Å². The fourth-order valence-electron chi connectivity index (χ4n) is 8.40. The Morgan fingerprint density at radius 1 is 0.687 bits per heavy atom. The van der Waals surface area contributed by atoms with Crippen molar-refractivity contribution >= 4 is 59.1 Å². The Balaban J connectivity index is 1.43. The fourth-order valence-corrected chi connectivity index (χ4v) is 8.40. The van der Waals surface area contributed by atoms with Gasteiger partial charge in [-0.2, -0.15) is 0 Å². The smallest absolute Gasteiger partial charge is 0.326 e. The van der Waals surface area contributed by atoms with Gasteiger partial charge in [0, 0.05) is 44.4 Å². The largest absolute Gasteiger partial charge is 0.480 e. The third-order valence-electron chi connectivity index (χ3n) is 11.9. The molecule has 0 spiro atoms. The number of aliphatic carboxylic acids is 1. The van der Waals surface area contributed by atoms with Crippen molar-refractivity contribution in [2.45, 2.75) is 132 Å². The van der Waals surface area contributed by atoms with Gasteiger partial charge in [-0.15, -0.1) is 0 Å². The predicted octanol–water partition coefficient (Wildman–Crippen LogP) is -5.95. The van der Waals surface area contributed by atoms with E-state index in [1.54, 1.807) is 0 Å². The number of aliphatic hydroxyl groups is 3. The van der Waals surface area contributed by atoms with Crippen LogP contribution in [0.25, 0.3) is 0 Å². The van der Waals surface area contributed by atoms with E-state index in [0.717, 1.165) is 4.90 Å². The summed E-state index contributed by atoms with van der Waals surface area (Å²) in [6.07, 6.45) is 4.15. The minimum absolute atomic E-state index is 0.0395. The summed E-state index contributed by atoms with van der Waals surface area (Å²) < 4.78 is 0. The van der Waals surface area contributed by atoms with Crippen molar-refractivity contribution in [3.05, 3.63) is 18.2 Å². The number of aromatic nitrogens is 2. The molecule has 26 heteroatoms. The molecule has 0 unspecified atom stereocenters. The number of nitrogens with zero attached hydrogens (tertiary/aromatic N) is 4. The molecule has 0 bridgehead atoms. The van der Waals surface area contributed by atoms with E-state index in [2.05, 4.69) is 36.6 Å². The van der Waals surface area contributed by atoms with E-state index in [1.807, 2.05) is 13.8 Å². The van der Waals surface area contributed by atoms with Crippen LogP contribution in [0.3, 0.4) is 0 Å². The quantitative estimate of drug-likeness (QED) is 0.0459. The first kappa shape index (κ1) is 53.4. The number of nitrogens with two attached hydrogens (primary N) is 2. The van der Waals surface area contributed by atoms with Gasteiger partial charge >= 0.3 is 5.97 Å². The van der Waals surface area contributed by atoms with Gasteiger partial charge in [0.15, 0.2) is 0 Å². The normalized spacial score (nSPS) is 20.8. The number of aliphatic hydroxyl groups excluding tert-OH is 3. The lowest BCUT2D eigenvalue weighted by Gasteiger charge is -2.33. The number of aromatic amines is 1. The molecule has 0 aromatic carbocycles. The molecule has 0 radical (unpaired) electrons. The highest BCUT2D eigenvalue weighted by atomic mass is 16.4. The summed E-state index contributed by atoms with van der Waals surface area (Å²) in [7, 11) is 0. The highest BCUT2D eigenvalue weighted by Gasteiger charge is 2.44. The Bertz CT molecular complexity index is 1950. The van der Waals surface area contributed by atoms with Crippen LogP contribution in [-0.2, 0) is 54.4 Å². The van der Waals surface area contributed by atoms with E-state index >= 15 is 0 Å². The summed E-state index contributed by atoms with van der Waals surface area (Å²) in [6, 6.07) is -12.2. The Hall–Kier alpha value is -6.25. The molecule has 4 rings (SSSR count). The Morgan fingerprint density at radius 3 is 1.70 bits per heavy atom. The molecule has 0 saturated carbocycles. The zero-order chi connectivity index (χ0) is 49.5.